The van der Waals surface area contributed by atoms with Crippen LogP contribution in [0.15, 0.2) is 36.7 Å². The number of carbonyl (C=O) groups is 1. The molecule has 0 spiro atoms. The fraction of sp³-hybridized carbons (Fsp3) is 0.333. The summed E-state index contributed by atoms with van der Waals surface area (Å²) in [4.78, 5) is 11.8. The van der Waals surface area contributed by atoms with Gasteiger partial charge >= 0.3 is 0 Å². The fourth-order valence-electron chi connectivity index (χ4n) is 1.85. The number of hydrogen-bond donors (Lipinski definition) is 0. The van der Waals surface area contributed by atoms with Gasteiger partial charge in [-0.05, 0) is 24.6 Å². The molecule has 0 aliphatic heterocycles. The Morgan fingerprint density at radius 3 is 2.84 bits per heavy atom. The van der Waals surface area contributed by atoms with E-state index in [0.717, 1.165) is 5.56 Å². The van der Waals surface area contributed by atoms with Gasteiger partial charge in [0.1, 0.15) is 12.4 Å². The summed E-state index contributed by atoms with van der Waals surface area (Å²) in [5.74, 6) is 0.753. The highest BCUT2D eigenvalue weighted by atomic mass is 16.5. The number of nitrogens with zero attached hydrogens (tertiary/aromatic N) is 2. The molecule has 0 aliphatic rings. The van der Waals surface area contributed by atoms with Crippen molar-refractivity contribution in [2.24, 2.45) is 0 Å². The average molecular weight is 258 g/mol. The van der Waals surface area contributed by atoms with Crippen LogP contribution in [-0.4, -0.2) is 22.2 Å². The molecule has 0 N–H and O–H groups in total. The molecule has 0 atom stereocenters. The number of hydrogen-bond acceptors (Lipinski definition) is 3. The van der Waals surface area contributed by atoms with E-state index < -0.39 is 0 Å². The summed E-state index contributed by atoms with van der Waals surface area (Å²) >= 11 is 0. The van der Waals surface area contributed by atoms with Crippen molar-refractivity contribution >= 4 is 5.78 Å². The van der Waals surface area contributed by atoms with Gasteiger partial charge in [0.25, 0.3) is 0 Å². The molecule has 1 heterocycles. The molecule has 0 radical (unpaired) electrons. The maximum Gasteiger partial charge on any atom is 0.166 e. The van der Waals surface area contributed by atoms with Gasteiger partial charge in [-0.25, -0.2) is 0 Å². The number of carbonyl (C=O) groups excluding carboxylic acids is 1. The SMILES string of the molecule is CCC(=O)c1ccccc1OCCn1cc(C)cn1. The summed E-state index contributed by atoms with van der Waals surface area (Å²) < 4.78 is 7.52. The molecule has 0 bridgehead atoms. The van der Waals surface area contributed by atoms with E-state index in [1.807, 2.05) is 49.1 Å². The molecule has 1 aromatic heterocycles. The van der Waals surface area contributed by atoms with Crippen molar-refractivity contribution in [2.45, 2.75) is 26.8 Å². The van der Waals surface area contributed by atoms with Gasteiger partial charge in [0.2, 0.25) is 0 Å². The summed E-state index contributed by atoms with van der Waals surface area (Å²) in [6.07, 6.45) is 4.26. The van der Waals surface area contributed by atoms with Crippen LogP contribution in [0.4, 0.5) is 0 Å². The van der Waals surface area contributed by atoms with Gasteiger partial charge in [-0.3, -0.25) is 9.48 Å². The molecule has 0 amide bonds. The quantitative estimate of drug-likeness (QED) is 0.748. The van der Waals surface area contributed by atoms with Gasteiger partial charge in [-0.15, -0.1) is 0 Å². The van der Waals surface area contributed by atoms with E-state index in [1.165, 1.54) is 0 Å². The van der Waals surface area contributed by atoms with Crippen molar-refractivity contribution in [1.82, 2.24) is 9.78 Å². The molecule has 2 aromatic rings. The molecular weight excluding hydrogens is 240 g/mol. The predicted octanol–water partition coefficient (Wildman–Crippen LogP) is 2.86. The van der Waals surface area contributed by atoms with Gasteiger partial charge in [0.15, 0.2) is 5.78 Å². The van der Waals surface area contributed by atoms with E-state index >= 15 is 0 Å². The van der Waals surface area contributed by atoms with Crippen LogP contribution in [0.3, 0.4) is 0 Å². The van der Waals surface area contributed by atoms with Gasteiger partial charge in [-0.1, -0.05) is 19.1 Å². The maximum absolute atomic E-state index is 11.8. The van der Waals surface area contributed by atoms with Crippen LogP contribution in [0.1, 0.15) is 29.3 Å². The largest absolute Gasteiger partial charge is 0.491 e. The van der Waals surface area contributed by atoms with E-state index in [0.29, 0.717) is 30.9 Å². The van der Waals surface area contributed by atoms with Crippen molar-refractivity contribution in [3.63, 3.8) is 0 Å². The zero-order chi connectivity index (χ0) is 13.7. The second-order valence-corrected chi connectivity index (χ2v) is 4.40. The van der Waals surface area contributed by atoms with Crippen molar-refractivity contribution < 1.29 is 9.53 Å². The molecule has 1 aromatic carbocycles. The van der Waals surface area contributed by atoms with Crippen LogP contribution in [0.2, 0.25) is 0 Å². The monoisotopic (exact) mass is 258 g/mol. The van der Waals surface area contributed by atoms with Gasteiger partial charge in [-0.2, -0.15) is 5.10 Å². The Balaban J connectivity index is 1.97. The molecular formula is C15H18N2O2. The summed E-state index contributed by atoms with van der Waals surface area (Å²) in [7, 11) is 0. The van der Waals surface area contributed by atoms with E-state index in [2.05, 4.69) is 5.10 Å². The normalized spacial score (nSPS) is 10.4. The first-order valence-corrected chi connectivity index (χ1v) is 6.44. The van der Waals surface area contributed by atoms with Crippen molar-refractivity contribution in [1.29, 1.82) is 0 Å². The van der Waals surface area contributed by atoms with Crippen LogP contribution in [-0.2, 0) is 6.54 Å². The second kappa shape index (κ2) is 6.18. The minimum atomic E-state index is 0.102. The van der Waals surface area contributed by atoms with Gasteiger partial charge < -0.3 is 4.74 Å². The third-order valence-electron chi connectivity index (χ3n) is 2.85. The molecule has 19 heavy (non-hydrogen) atoms. The topological polar surface area (TPSA) is 44.1 Å². The molecule has 0 aliphatic carbocycles. The number of ether oxygens (including phenoxy) is 1. The van der Waals surface area contributed by atoms with Crippen molar-refractivity contribution in [3.05, 3.63) is 47.8 Å². The molecule has 4 heteroatoms. The highest BCUT2D eigenvalue weighted by Crippen LogP contribution is 2.19. The lowest BCUT2D eigenvalue weighted by atomic mass is 10.1. The summed E-state index contributed by atoms with van der Waals surface area (Å²) in [5, 5.41) is 4.19. The molecule has 0 saturated carbocycles. The molecule has 0 saturated heterocycles. The number of Topliss-reactive ketones (excluding diaryl/α,β-unsaturated/α-hetero) is 1. The van der Waals surface area contributed by atoms with Crippen LogP contribution in [0.5, 0.6) is 5.75 Å². The standard InChI is InChI=1S/C15H18N2O2/c1-3-14(18)13-6-4-5-7-15(13)19-9-8-17-11-12(2)10-16-17/h4-7,10-11H,3,8-9H2,1-2H3. The van der Waals surface area contributed by atoms with Crippen LogP contribution in [0.25, 0.3) is 0 Å². The van der Waals surface area contributed by atoms with E-state index in [9.17, 15) is 4.79 Å². The first-order chi connectivity index (χ1) is 9.20. The zero-order valence-corrected chi connectivity index (χ0v) is 11.3. The van der Waals surface area contributed by atoms with Crippen molar-refractivity contribution in [3.8, 4) is 5.75 Å². The summed E-state index contributed by atoms with van der Waals surface area (Å²) in [6.45, 7) is 5.02. The van der Waals surface area contributed by atoms with Crippen LogP contribution < -0.4 is 4.74 Å². The number of para-hydroxylation sites is 1. The Bertz CT molecular complexity index is 561. The van der Waals surface area contributed by atoms with Gasteiger partial charge in [0, 0.05) is 12.6 Å². The van der Waals surface area contributed by atoms with Gasteiger partial charge in [0.05, 0.1) is 18.3 Å². The lowest BCUT2D eigenvalue weighted by molar-refractivity contribution is 0.0984. The highest BCUT2D eigenvalue weighted by Gasteiger charge is 2.09. The number of benzene rings is 1. The Labute approximate surface area is 113 Å². The molecule has 2 rings (SSSR count). The van der Waals surface area contributed by atoms with E-state index in [4.69, 9.17) is 4.74 Å². The lowest BCUT2D eigenvalue weighted by Gasteiger charge is -2.10. The number of aryl methyl sites for hydroxylation is 1. The van der Waals surface area contributed by atoms with E-state index in [1.54, 1.807) is 6.07 Å². The maximum atomic E-state index is 11.8. The predicted molar refractivity (Wildman–Crippen MR) is 73.5 cm³/mol. The Morgan fingerprint density at radius 1 is 1.37 bits per heavy atom. The Morgan fingerprint density at radius 2 is 2.16 bits per heavy atom. The van der Waals surface area contributed by atoms with Crippen molar-refractivity contribution in [2.75, 3.05) is 6.61 Å². The first-order valence-electron chi connectivity index (χ1n) is 6.44. The van der Waals surface area contributed by atoms with Crippen LogP contribution in [0, 0.1) is 6.92 Å². The second-order valence-electron chi connectivity index (χ2n) is 4.40. The average Bonchev–Trinajstić information content (AvgIpc) is 2.84. The minimum absolute atomic E-state index is 0.102. The summed E-state index contributed by atoms with van der Waals surface area (Å²) in [6, 6.07) is 7.36. The van der Waals surface area contributed by atoms with E-state index in [-0.39, 0.29) is 5.78 Å². The first kappa shape index (κ1) is 13.3. The number of aromatic nitrogens is 2. The number of rotatable bonds is 6. The third kappa shape index (κ3) is 3.44. The number of ketones is 1. The minimum Gasteiger partial charge on any atom is -0.491 e. The summed E-state index contributed by atoms with van der Waals surface area (Å²) in [5.41, 5.74) is 1.78. The Hall–Kier alpha value is -2.10. The third-order valence-corrected chi connectivity index (χ3v) is 2.85. The molecule has 100 valence electrons. The zero-order valence-electron chi connectivity index (χ0n) is 11.3. The fourth-order valence-corrected chi connectivity index (χ4v) is 1.85. The molecule has 4 nitrogen and oxygen atoms in total. The van der Waals surface area contributed by atoms with Crippen LogP contribution >= 0.6 is 0 Å². The highest BCUT2D eigenvalue weighted by molar-refractivity contribution is 5.98. The smallest absolute Gasteiger partial charge is 0.166 e. The Kier molecular flexibility index (Phi) is 4.34. The molecule has 0 fully saturated rings. The lowest BCUT2D eigenvalue weighted by Crippen LogP contribution is -2.10. The molecule has 0 unspecified atom stereocenters.